The van der Waals surface area contributed by atoms with Gasteiger partial charge in [0.25, 0.3) is 0 Å². The van der Waals surface area contributed by atoms with Crippen LogP contribution in [0.25, 0.3) is 0 Å². The molecule has 4 N–H and O–H groups in total. The van der Waals surface area contributed by atoms with E-state index in [1.807, 2.05) is 0 Å². The fraction of sp³-hybridized carbons (Fsp3) is 0.739. The first-order valence-electron chi connectivity index (χ1n) is 23.1. The molecule has 62 heavy (non-hydrogen) atoms. The lowest BCUT2D eigenvalue weighted by Gasteiger charge is -2.20. The van der Waals surface area contributed by atoms with Crippen molar-refractivity contribution in [2.45, 2.75) is 192 Å². The van der Waals surface area contributed by atoms with Crippen molar-refractivity contribution in [1.29, 1.82) is 0 Å². The number of carbonyl (C=O) groups is 2. The first kappa shape index (κ1) is 57.8. The molecule has 1 aliphatic heterocycles. The summed E-state index contributed by atoms with van der Waals surface area (Å²) in [6.07, 6.45) is 42.3. The molecule has 16 heteroatoms. The predicted octanol–water partition coefficient (Wildman–Crippen LogP) is 11.0. The molecule has 0 aromatic heterocycles. The Labute approximate surface area is 372 Å². The molecule has 0 saturated carbocycles. The number of epoxide rings is 1. The van der Waals surface area contributed by atoms with E-state index < -0.39 is 66.2 Å². The first-order valence-corrected chi connectivity index (χ1v) is 26.1. The number of hydrogen-bond donors (Lipinski definition) is 4. The zero-order valence-electron chi connectivity index (χ0n) is 37.6. The summed E-state index contributed by atoms with van der Waals surface area (Å²) in [5.41, 5.74) is 0. The number of phosphoric acid groups is 2. The van der Waals surface area contributed by atoms with E-state index in [1.165, 1.54) is 38.5 Å². The number of carbonyl (C=O) groups excluding carboxylic acids is 2. The van der Waals surface area contributed by atoms with Gasteiger partial charge in [-0.1, -0.05) is 132 Å². The third-order valence-electron chi connectivity index (χ3n) is 9.79. The largest absolute Gasteiger partial charge is 0.472 e. The Morgan fingerprint density at radius 3 is 1.66 bits per heavy atom. The van der Waals surface area contributed by atoms with E-state index in [1.54, 1.807) is 0 Å². The van der Waals surface area contributed by atoms with E-state index in [0.29, 0.717) is 25.0 Å². The molecule has 5 atom stereocenters. The van der Waals surface area contributed by atoms with Crippen LogP contribution in [0.1, 0.15) is 168 Å². The lowest BCUT2D eigenvalue weighted by molar-refractivity contribution is -0.161. The highest BCUT2D eigenvalue weighted by atomic mass is 31.2. The van der Waals surface area contributed by atoms with E-state index in [-0.39, 0.29) is 12.8 Å². The number of aliphatic hydroxyl groups excluding tert-OH is 1. The Morgan fingerprint density at radius 1 is 0.565 bits per heavy atom. The van der Waals surface area contributed by atoms with Crippen molar-refractivity contribution in [3.8, 4) is 0 Å². The van der Waals surface area contributed by atoms with Gasteiger partial charge < -0.3 is 34.0 Å². The molecule has 3 unspecified atom stereocenters. The highest BCUT2D eigenvalue weighted by molar-refractivity contribution is 7.47. The highest BCUT2D eigenvalue weighted by Crippen LogP contribution is 2.44. The molecule has 0 bridgehead atoms. The SMILES string of the molecule is CCCCC/C=C\C/C=C\C/C=C\C/C=C\CCCCCC(=O)O[C@H](COC(=O)CCCCCCC/C=C\CC1OC1CCCCC)COP(=O)(O)OC[C@@H](O)COP(=O)(O)O. The van der Waals surface area contributed by atoms with Crippen LogP contribution >= 0.6 is 15.6 Å². The van der Waals surface area contributed by atoms with E-state index in [2.05, 4.69) is 83.7 Å². The fourth-order valence-corrected chi connectivity index (χ4v) is 7.32. The number of aliphatic hydroxyl groups is 1. The van der Waals surface area contributed by atoms with Crippen LogP contribution in [0.5, 0.6) is 0 Å². The van der Waals surface area contributed by atoms with Gasteiger partial charge in [-0.25, -0.2) is 9.13 Å². The second kappa shape index (κ2) is 38.1. The van der Waals surface area contributed by atoms with Crippen molar-refractivity contribution in [2.24, 2.45) is 0 Å². The third kappa shape index (κ3) is 38.3. The summed E-state index contributed by atoms with van der Waals surface area (Å²) < 4.78 is 53.5. The Bertz CT molecular complexity index is 1390. The van der Waals surface area contributed by atoms with Gasteiger partial charge >= 0.3 is 27.6 Å². The summed E-state index contributed by atoms with van der Waals surface area (Å²) in [6.45, 7) is 1.64. The number of unbranched alkanes of at least 4 members (excludes halogenated alkanes) is 13. The van der Waals surface area contributed by atoms with Crippen molar-refractivity contribution in [2.75, 3.05) is 26.4 Å². The molecule has 1 saturated heterocycles. The smallest absolute Gasteiger partial charge is 0.462 e. The highest BCUT2D eigenvalue weighted by Gasteiger charge is 2.36. The Hall–Kier alpha value is -2.22. The Balaban J connectivity index is 2.37. The van der Waals surface area contributed by atoms with Crippen LogP contribution in [0, 0.1) is 0 Å². The summed E-state index contributed by atoms with van der Waals surface area (Å²) in [6, 6.07) is 0. The van der Waals surface area contributed by atoms with Crippen LogP contribution in [-0.2, 0) is 46.5 Å². The molecule has 0 spiro atoms. The van der Waals surface area contributed by atoms with Gasteiger partial charge in [0.2, 0.25) is 0 Å². The van der Waals surface area contributed by atoms with Crippen LogP contribution in [-0.4, -0.2) is 82.6 Å². The van der Waals surface area contributed by atoms with Gasteiger partial charge in [-0.15, -0.1) is 0 Å². The summed E-state index contributed by atoms with van der Waals surface area (Å²) in [4.78, 5) is 52.8. The Kier molecular flexibility index (Phi) is 35.5. The lowest BCUT2D eigenvalue weighted by Crippen LogP contribution is -2.30. The second-order valence-electron chi connectivity index (χ2n) is 15.7. The van der Waals surface area contributed by atoms with Crippen molar-refractivity contribution in [1.82, 2.24) is 0 Å². The fourth-order valence-electron chi connectivity index (χ4n) is 6.16. The van der Waals surface area contributed by atoms with E-state index in [4.69, 9.17) is 28.5 Å². The zero-order valence-corrected chi connectivity index (χ0v) is 39.4. The minimum absolute atomic E-state index is 0.0857. The molecule has 1 fully saturated rings. The van der Waals surface area contributed by atoms with Crippen LogP contribution in [0.3, 0.4) is 0 Å². The topological polar surface area (TPSA) is 208 Å². The number of ether oxygens (including phenoxy) is 3. The maximum Gasteiger partial charge on any atom is 0.472 e. The van der Waals surface area contributed by atoms with Crippen molar-refractivity contribution >= 4 is 27.6 Å². The number of esters is 2. The standard InChI is InChI=1S/C46H80O14P2/c1-3-5-7-8-9-10-11-12-13-14-15-16-17-18-19-20-25-28-32-36-46(49)59-42(40-58-62(53,54)57-38-41(47)37-56-61(50,51)52)39-55-45(48)35-31-27-24-22-21-23-26-30-34-44-43(60-44)33-29-6-4-2/h9-10,12-13,15-16,18-19,26,30,41-44,47H,3-8,11,14,17,20-25,27-29,31-40H2,1-2H3,(H,53,54)(H2,50,51,52)/b10-9-,13-12-,16-15-,19-18-,30-26-/t41-,42+,43?,44?/m0/s1. The average molecular weight is 919 g/mol. The Morgan fingerprint density at radius 2 is 1.05 bits per heavy atom. The molecule has 0 aromatic rings. The average Bonchev–Trinajstić information content (AvgIpc) is 3.99. The van der Waals surface area contributed by atoms with E-state index >= 15 is 0 Å². The molecule has 0 aromatic carbocycles. The van der Waals surface area contributed by atoms with E-state index in [9.17, 15) is 28.7 Å². The maximum absolute atomic E-state index is 12.7. The molecule has 14 nitrogen and oxygen atoms in total. The summed E-state index contributed by atoms with van der Waals surface area (Å²) in [5, 5.41) is 9.76. The van der Waals surface area contributed by atoms with Crippen LogP contribution in [0.15, 0.2) is 60.8 Å². The zero-order chi connectivity index (χ0) is 45.6. The van der Waals surface area contributed by atoms with Gasteiger partial charge in [0.1, 0.15) is 12.7 Å². The van der Waals surface area contributed by atoms with Crippen LogP contribution in [0.2, 0.25) is 0 Å². The van der Waals surface area contributed by atoms with Gasteiger partial charge in [0.15, 0.2) is 6.10 Å². The van der Waals surface area contributed by atoms with Crippen LogP contribution in [0.4, 0.5) is 0 Å². The van der Waals surface area contributed by atoms with E-state index in [0.717, 1.165) is 89.9 Å². The number of hydrogen-bond acceptors (Lipinski definition) is 11. The van der Waals surface area contributed by atoms with Gasteiger partial charge in [0.05, 0.1) is 32.0 Å². The van der Waals surface area contributed by atoms with Gasteiger partial charge in [-0.3, -0.25) is 23.2 Å². The molecule has 358 valence electrons. The van der Waals surface area contributed by atoms with Gasteiger partial charge in [-0.2, -0.15) is 0 Å². The number of rotatable bonds is 42. The normalized spacial score (nSPS) is 17.8. The monoisotopic (exact) mass is 919 g/mol. The predicted molar refractivity (Wildman–Crippen MR) is 243 cm³/mol. The maximum atomic E-state index is 12.7. The minimum Gasteiger partial charge on any atom is -0.462 e. The molecule has 0 aliphatic carbocycles. The quantitative estimate of drug-likeness (QED) is 0.0148. The van der Waals surface area contributed by atoms with Crippen molar-refractivity contribution < 1.29 is 66.3 Å². The molecular weight excluding hydrogens is 838 g/mol. The lowest BCUT2D eigenvalue weighted by atomic mass is 10.1. The molecule has 1 rings (SSSR count). The molecule has 1 heterocycles. The molecule has 1 aliphatic rings. The van der Waals surface area contributed by atoms with Gasteiger partial charge in [-0.05, 0) is 83.5 Å². The van der Waals surface area contributed by atoms with Crippen molar-refractivity contribution in [3.05, 3.63) is 60.8 Å². The van der Waals surface area contributed by atoms with Crippen LogP contribution < -0.4 is 0 Å². The third-order valence-corrected chi connectivity index (χ3v) is 11.2. The first-order chi connectivity index (χ1) is 29.8. The summed E-state index contributed by atoms with van der Waals surface area (Å²) in [7, 11) is -9.70. The molecular formula is C46H80O14P2. The minimum atomic E-state index is -4.87. The molecule has 0 amide bonds. The van der Waals surface area contributed by atoms with Crippen molar-refractivity contribution in [3.63, 3.8) is 0 Å². The van der Waals surface area contributed by atoms with Gasteiger partial charge in [0, 0.05) is 12.8 Å². The number of phosphoric ester groups is 2. The molecule has 0 radical (unpaired) electrons. The summed E-state index contributed by atoms with van der Waals surface area (Å²) in [5.74, 6) is -1.09. The summed E-state index contributed by atoms with van der Waals surface area (Å²) >= 11 is 0. The second-order valence-corrected chi connectivity index (χ2v) is 18.4. The number of allylic oxidation sites excluding steroid dienone is 9.